The Morgan fingerprint density at radius 3 is 1.28 bits per heavy atom. The average molecular weight is 582 g/mol. The van der Waals surface area contributed by atoms with Crippen LogP contribution in [-0.2, 0) is 0 Å². The van der Waals surface area contributed by atoms with E-state index < -0.39 is 0 Å². The predicted molar refractivity (Wildman–Crippen MR) is 164 cm³/mol. The van der Waals surface area contributed by atoms with Gasteiger partial charge in [0.25, 0.3) is 0 Å². The number of nitrogen functional groups attached to an aromatic ring is 3. The maximum atomic E-state index is 10.3. The zero-order valence-electron chi connectivity index (χ0n) is 23.6. The molecule has 4 aliphatic rings. The topological polar surface area (TPSA) is 166 Å². The lowest BCUT2D eigenvalue weighted by Gasteiger charge is -2.54. The van der Waals surface area contributed by atoms with Crippen LogP contribution in [0.25, 0.3) is 0 Å². The lowest BCUT2D eigenvalue weighted by molar-refractivity contribution is -0.00397. The van der Waals surface area contributed by atoms with Crippen molar-refractivity contribution in [3.63, 3.8) is 0 Å². The zero-order chi connectivity index (χ0) is 29.8. The molecule has 0 radical (unpaired) electrons. The van der Waals surface area contributed by atoms with Crippen LogP contribution in [0.15, 0.2) is 66.7 Å². The summed E-state index contributed by atoms with van der Waals surface area (Å²) in [5.74, 6) is 5.12. The van der Waals surface area contributed by atoms with Gasteiger partial charge < -0.3 is 46.7 Å². The van der Waals surface area contributed by atoms with Gasteiger partial charge in [-0.3, -0.25) is 0 Å². The number of ether oxygens (including phenoxy) is 3. The van der Waals surface area contributed by atoms with E-state index in [9.17, 15) is 15.3 Å². The van der Waals surface area contributed by atoms with Gasteiger partial charge in [0, 0.05) is 35.9 Å². The molecule has 9 heteroatoms. The molecule has 8 rings (SSSR count). The SMILES string of the molecule is Nc1ccc(Oc2cc(Oc3ccc(N)c(O)c3)c(C3C4CC5CC(C4)CC3C5)c(Oc3ccc(N)c(O)c3)c2)cc1O. The van der Waals surface area contributed by atoms with Crippen molar-refractivity contribution >= 4 is 17.1 Å². The lowest BCUT2D eigenvalue weighted by atomic mass is 9.50. The zero-order valence-corrected chi connectivity index (χ0v) is 23.6. The summed E-state index contributed by atoms with van der Waals surface area (Å²) in [6, 6.07) is 17.9. The molecule has 4 aliphatic carbocycles. The van der Waals surface area contributed by atoms with Gasteiger partial charge in [0.15, 0.2) is 0 Å². The van der Waals surface area contributed by atoms with Crippen LogP contribution in [0.3, 0.4) is 0 Å². The second-order valence-electron chi connectivity index (χ2n) is 12.3. The van der Waals surface area contributed by atoms with E-state index >= 15 is 0 Å². The van der Waals surface area contributed by atoms with E-state index in [0.29, 0.717) is 46.3 Å². The average Bonchev–Trinajstić information content (AvgIpc) is 2.95. The molecule has 0 amide bonds. The Morgan fingerprint density at radius 2 is 0.884 bits per heavy atom. The molecule has 4 aromatic carbocycles. The van der Waals surface area contributed by atoms with Crippen molar-refractivity contribution in [2.24, 2.45) is 23.7 Å². The number of benzene rings is 4. The third kappa shape index (κ3) is 5.16. The molecule has 9 nitrogen and oxygen atoms in total. The first-order valence-electron chi connectivity index (χ1n) is 14.7. The number of anilines is 3. The highest BCUT2D eigenvalue weighted by Gasteiger charge is 2.50. The van der Waals surface area contributed by atoms with Gasteiger partial charge in [0.2, 0.25) is 0 Å². The quantitative estimate of drug-likeness (QED) is 0.0958. The van der Waals surface area contributed by atoms with E-state index in [1.165, 1.54) is 50.3 Å². The highest BCUT2D eigenvalue weighted by molar-refractivity contribution is 5.61. The molecular weight excluding hydrogens is 546 g/mol. The fourth-order valence-corrected chi connectivity index (χ4v) is 7.68. The maximum absolute atomic E-state index is 10.3. The van der Waals surface area contributed by atoms with E-state index in [2.05, 4.69) is 0 Å². The fourth-order valence-electron chi connectivity index (χ4n) is 7.68. The molecule has 222 valence electrons. The molecule has 0 spiro atoms. The number of rotatable bonds is 7. The molecular formula is C34H35N3O6. The number of phenolic OH excluding ortho intramolecular Hbond substituents is 3. The Balaban J connectivity index is 1.38. The molecule has 0 aromatic heterocycles. The summed E-state index contributed by atoms with van der Waals surface area (Å²) in [5.41, 5.74) is 19.2. The number of phenols is 3. The Morgan fingerprint density at radius 1 is 0.488 bits per heavy atom. The van der Waals surface area contributed by atoms with Gasteiger partial charge in [-0.1, -0.05) is 0 Å². The monoisotopic (exact) mass is 581 g/mol. The van der Waals surface area contributed by atoms with Crippen LogP contribution >= 0.6 is 0 Å². The largest absolute Gasteiger partial charge is 0.506 e. The minimum atomic E-state index is -0.0923. The summed E-state index contributed by atoms with van der Waals surface area (Å²) < 4.78 is 19.3. The Kier molecular flexibility index (Phi) is 6.53. The van der Waals surface area contributed by atoms with Crippen molar-refractivity contribution in [2.75, 3.05) is 17.2 Å². The Bertz CT molecular complexity index is 1600. The van der Waals surface area contributed by atoms with E-state index in [-0.39, 0.29) is 40.2 Å². The van der Waals surface area contributed by atoms with Crippen molar-refractivity contribution in [3.05, 3.63) is 72.3 Å². The molecule has 0 heterocycles. The molecule has 0 saturated heterocycles. The molecule has 43 heavy (non-hydrogen) atoms. The second kappa shape index (κ2) is 10.4. The second-order valence-corrected chi connectivity index (χ2v) is 12.3. The van der Waals surface area contributed by atoms with Gasteiger partial charge in [-0.25, -0.2) is 0 Å². The standard InChI is InChI=1S/C34H35N3O6/c35-25-4-1-21(12-28(25)38)41-24-15-31(42-22-2-5-26(36)29(39)13-22)34(32(16-24)43-23-3-6-27(37)30(40)14-23)33-19-8-17-7-18(10-19)11-20(33)9-17/h1-6,12-20,33,38-40H,7-11,35-37H2. The highest BCUT2D eigenvalue weighted by Crippen LogP contribution is 2.63. The van der Waals surface area contributed by atoms with E-state index in [1.807, 2.05) is 12.1 Å². The summed E-state index contributed by atoms with van der Waals surface area (Å²) in [7, 11) is 0. The Hall–Kier alpha value is -4.92. The first-order chi connectivity index (χ1) is 20.7. The maximum Gasteiger partial charge on any atom is 0.142 e. The first-order valence-corrected chi connectivity index (χ1v) is 14.7. The number of nitrogens with two attached hydrogens (primary N) is 3. The third-order valence-corrected chi connectivity index (χ3v) is 9.33. The van der Waals surface area contributed by atoms with Gasteiger partial charge in [0.1, 0.15) is 51.7 Å². The molecule has 0 atom stereocenters. The molecule has 4 saturated carbocycles. The van der Waals surface area contributed by atoms with Gasteiger partial charge in [-0.15, -0.1) is 0 Å². The van der Waals surface area contributed by atoms with Crippen molar-refractivity contribution < 1.29 is 29.5 Å². The van der Waals surface area contributed by atoms with Crippen molar-refractivity contribution in [3.8, 4) is 51.7 Å². The summed E-state index contributed by atoms with van der Waals surface area (Å²) in [6.45, 7) is 0. The van der Waals surface area contributed by atoms with Gasteiger partial charge >= 0.3 is 0 Å². The van der Waals surface area contributed by atoms with Crippen molar-refractivity contribution in [1.29, 1.82) is 0 Å². The smallest absolute Gasteiger partial charge is 0.142 e. The summed E-state index contributed by atoms with van der Waals surface area (Å²) >= 11 is 0. The molecule has 9 N–H and O–H groups in total. The molecule has 0 aliphatic heterocycles. The van der Waals surface area contributed by atoms with Gasteiger partial charge in [0.05, 0.1) is 17.1 Å². The number of aromatic hydroxyl groups is 3. The van der Waals surface area contributed by atoms with Crippen LogP contribution in [-0.4, -0.2) is 15.3 Å². The van der Waals surface area contributed by atoms with E-state index in [0.717, 1.165) is 17.4 Å². The number of hydrogen-bond donors (Lipinski definition) is 6. The van der Waals surface area contributed by atoms with E-state index in [1.54, 1.807) is 36.4 Å². The predicted octanol–water partition coefficient (Wildman–Crippen LogP) is 7.47. The molecule has 4 aromatic rings. The highest BCUT2D eigenvalue weighted by atomic mass is 16.5. The van der Waals surface area contributed by atoms with Crippen LogP contribution in [0.4, 0.5) is 17.1 Å². The minimum absolute atomic E-state index is 0.0766. The van der Waals surface area contributed by atoms with E-state index in [4.69, 9.17) is 31.4 Å². The first kappa shape index (κ1) is 26.9. The molecule has 4 bridgehead atoms. The summed E-state index contributed by atoms with van der Waals surface area (Å²) in [5, 5.41) is 30.9. The Labute approximate surface area is 249 Å². The van der Waals surface area contributed by atoms with Gasteiger partial charge in [-0.2, -0.15) is 0 Å². The third-order valence-electron chi connectivity index (χ3n) is 9.33. The number of hydrogen-bond acceptors (Lipinski definition) is 9. The minimum Gasteiger partial charge on any atom is -0.506 e. The fraction of sp³-hybridized carbons (Fsp3) is 0.294. The van der Waals surface area contributed by atoms with Crippen LogP contribution < -0.4 is 31.4 Å². The van der Waals surface area contributed by atoms with Crippen LogP contribution in [0.2, 0.25) is 0 Å². The van der Waals surface area contributed by atoms with Crippen LogP contribution in [0.5, 0.6) is 51.7 Å². The molecule has 0 unspecified atom stereocenters. The normalized spacial score (nSPS) is 23.7. The lowest BCUT2D eigenvalue weighted by Crippen LogP contribution is -2.43. The van der Waals surface area contributed by atoms with Crippen LogP contribution in [0.1, 0.15) is 43.6 Å². The van der Waals surface area contributed by atoms with Crippen molar-refractivity contribution in [1.82, 2.24) is 0 Å². The van der Waals surface area contributed by atoms with Gasteiger partial charge in [-0.05, 0) is 98.1 Å². The molecule has 4 fully saturated rings. The summed E-state index contributed by atoms with van der Waals surface area (Å²) in [6.07, 6.45) is 6.01. The van der Waals surface area contributed by atoms with Crippen LogP contribution in [0, 0.1) is 23.7 Å². The van der Waals surface area contributed by atoms with Crippen molar-refractivity contribution in [2.45, 2.75) is 38.0 Å². The summed E-state index contributed by atoms with van der Waals surface area (Å²) in [4.78, 5) is 0.